The van der Waals surface area contributed by atoms with Crippen LogP contribution >= 0.6 is 0 Å². The first kappa shape index (κ1) is 54.2. The van der Waals surface area contributed by atoms with Gasteiger partial charge in [-0.2, -0.15) is 0 Å². The summed E-state index contributed by atoms with van der Waals surface area (Å²) < 4.78 is 12.0. The van der Waals surface area contributed by atoms with Gasteiger partial charge >= 0.3 is 11.9 Å². The molecule has 0 bridgehead atoms. The van der Waals surface area contributed by atoms with Crippen LogP contribution in [0.3, 0.4) is 0 Å². The lowest BCUT2D eigenvalue weighted by molar-refractivity contribution is -0.199. The molecule has 0 spiro atoms. The Hall–Kier alpha value is -3.78. The fourth-order valence-corrected chi connectivity index (χ4v) is 6.29. The fraction of sp³-hybridized carbons (Fsp3) is 0.569. The van der Waals surface area contributed by atoms with Crippen LogP contribution in [0.25, 0.3) is 0 Å². The lowest BCUT2D eigenvalue weighted by atomic mass is 9.76. The molecular formula is C51H80O7. The summed E-state index contributed by atoms with van der Waals surface area (Å²) >= 11 is 0. The number of carboxylic acids is 2. The van der Waals surface area contributed by atoms with Crippen molar-refractivity contribution in [3.05, 3.63) is 122 Å². The minimum Gasteiger partial charge on any atom is -0.479 e. The Bertz CT molecular complexity index is 1340. The monoisotopic (exact) mass is 805 g/mol. The molecule has 0 aliphatic carbocycles. The summed E-state index contributed by atoms with van der Waals surface area (Å²) in [5.74, 6) is -3.19. The van der Waals surface area contributed by atoms with E-state index in [0.717, 1.165) is 89.9 Å². The molecular weight excluding hydrogens is 725 g/mol. The second-order valence-corrected chi connectivity index (χ2v) is 14.6. The maximum atomic E-state index is 12.7. The number of hydrogen-bond acceptors (Lipinski definition) is 5. The molecule has 0 heterocycles. The average molecular weight is 805 g/mol. The number of aliphatic hydroxyl groups excluding tert-OH is 1. The van der Waals surface area contributed by atoms with Crippen molar-refractivity contribution in [2.75, 3.05) is 13.2 Å². The predicted molar refractivity (Wildman–Crippen MR) is 245 cm³/mol. The molecule has 326 valence electrons. The van der Waals surface area contributed by atoms with Gasteiger partial charge < -0.3 is 24.8 Å². The highest BCUT2D eigenvalue weighted by atomic mass is 16.5. The van der Waals surface area contributed by atoms with Crippen molar-refractivity contribution in [1.82, 2.24) is 0 Å². The van der Waals surface area contributed by atoms with E-state index in [1.807, 2.05) is 0 Å². The number of hydrogen-bond donors (Lipinski definition) is 3. The number of ether oxygens (including phenoxy) is 2. The molecule has 0 aromatic rings. The van der Waals surface area contributed by atoms with E-state index in [4.69, 9.17) is 9.47 Å². The van der Waals surface area contributed by atoms with Gasteiger partial charge in [-0.3, -0.25) is 0 Å². The van der Waals surface area contributed by atoms with E-state index in [0.29, 0.717) is 12.8 Å². The number of unbranched alkanes of at least 4 members (excludes halogenated alkanes) is 4. The van der Waals surface area contributed by atoms with Crippen LogP contribution in [0, 0.1) is 5.92 Å². The molecule has 0 aromatic carbocycles. The molecule has 0 saturated carbocycles. The van der Waals surface area contributed by atoms with Gasteiger partial charge in [0, 0.05) is 13.2 Å². The smallest absolute Gasteiger partial charge is 0.338 e. The minimum atomic E-state index is -1.95. The molecule has 0 aliphatic rings. The molecule has 0 aromatic heterocycles. The average Bonchev–Trinajstić information content (AvgIpc) is 3.20. The molecule has 4 atom stereocenters. The third-order valence-electron chi connectivity index (χ3n) is 9.89. The SMILES string of the molecule is CC/C=C\C/C=C\C/C=C\C/C=C\C/C=C\CCCCOC(CC(C)C(CC)(OCCCC/C=C\C/C=C\C/C=C\C/C=C\C/C=C\CC)C(=O)O)(C(=O)O)C(C)O. The molecule has 7 heteroatoms. The highest BCUT2D eigenvalue weighted by Gasteiger charge is 2.52. The van der Waals surface area contributed by atoms with Crippen LogP contribution in [0.15, 0.2) is 122 Å². The van der Waals surface area contributed by atoms with E-state index in [1.54, 1.807) is 13.8 Å². The zero-order valence-corrected chi connectivity index (χ0v) is 36.8. The highest BCUT2D eigenvalue weighted by Crippen LogP contribution is 2.36. The molecule has 0 fully saturated rings. The van der Waals surface area contributed by atoms with Crippen LogP contribution < -0.4 is 0 Å². The number of aliphatic hydroxyl groups is 1. The Morgan fingerprint density at radius 2 is 0.759 bits per heavy atom. The molecule has 58 heavy (non-hydrogen) atoms. The summed E-state index contributed by atoms with van der Waals surface area (Å²) in [5, 5.41) is 31.4. The molecule has 0 amide bonds. The fourth-order valence-electron chi connectivity index (χ4n) is 6.29. The predicted octanol–water partition coefficient (Wildman–Crippen LogP) is 13.3. The van der Waals surface area contributed by atoms with Crippen LogP contribution in [0.1, 0.15) is 150 Å². The van der Waals surface area contributed by atoms with Crippen LogP contribution in [0.4, 0.5) is 0 Å². The van der Waals surface area contributed by atoms with Crippen molar-refractivity contribution < 1.29 is 34.4 Å². The van der Waals surface area contributed by atoms with E-state index in [2.05, 4.69) is 135 Å². The second kappa shape index (κ2) is 37.5. The summed E-state index contributed by atoms with van der Waals surface area (Å²) in [6, 6.07) is 0. The van der Waals surface area contributed by atoms with Gasteiger partial charge in [0.2, 0.25) is 0 Å². The summed E-state index contributed by atoms with van der Waals surface area (Å²) in [6.07, 6.45) is 56.1. The maximum absolute atomic E-state index is 12.7. The van der Waals surface area contributed by atoms with Crippen molar-refractivity contribution in [3.63, 3.8) is 0 Å². The Labute approximate surface area is 353 Å². The van der Waals surface area contributed by atoms with Crippen molar-refractivity contribution >= 4 is 11.9 Å². The number of allylic oxidation sites excluding steroid dienone is 20. The first-order chi connectivity index (χ1) is 28.1. The molecule has 4 unspecified atom stereocenters. The summed E-state index contributed by atoms with van der Waals surface area (Å²) in [5.41, 5.74) is -3.55. The van der Waals surface area contributed by atoms with Gasteiger partial charge in [0.15, 0.2) is 11.2 Å². The molecule has 0 radical (unpaired) electrons. The normalized spacial score (nSPS) is 16.3. The molecule has 0 saturated heterocycles. The zero-order valence-electron chi connectivity index (χ0n) is 36.8. The zero-order chi connectivity index (χ0) is 43.0. The van der Waals surface area contributed by atoms with E-state index in [1.165, 1.54) is 6.92 Å². The molecule has 3 N–H and O–H groups in total. The summed E-state index contributed by atoms with van der Waals surface area (Å²) in [7, 11) is 0. The number of carbonyl (C=O) groups is 2. The third kappa shape index (κ3) is 26.3. The lowest BCUT2D eigenvalue weighted by Crippen LogP contribution is -2.56. The van der Waals surface area contributed by atoms with E-state index in [-0.39, 0.29) is 26.1 Å². The number of aliphatic carboxylic acids is 2. The van der Waals surface area contributed by atoms with E-state index in [9.17, 15) is 24.9 Å². The van der Waals surface area contributed by atoms with Gasteiger partial charge in [0.05, 0.1) is 6.10 Å². The van der Waals surface area contributed by atoms with Crippen LogP contribution in [-0.4, -0.2) is 57.8 Å². The van der Waals surface area contributed by atoms with Crippen molar-refractivity contribution in [3.8, 4) is 0 Å². The quantitative estimate of drug-likeness (QED) is 0.0423. The van der Waals surface area contributed by atoms with Gasteiger partial charge in [0.25, 0.3) is 0 Å². The Kier molecular flexibility index (Phi) is 35.0. The third-order valence-corrected chi connectivity index (χ3v) is 9.89. The molecule has 7 nitrogen and oxygen atoms in total. The van der Waals surface area contributed by atoms with Gasteiger partial charge in [0.1, 0.15) is 0 Å². The molecule has 0 rings (SSSR count). The first-order valence-electron chi connectivity index (χ1n) is 22.1. The van der Waals surface area contributed by atoms with Crippen molar-refractivity contribution in [2.45, 2.75) is 167 Å². The van der Waals surface area contributed by atoms with Crippen molar-refractivity contribution in [1.29, 1.82) is 0 Å². The van der Waals surface area contributed by atoms with Crippen LogP contribution in [0.2, 0.25) is 0 Å². The van der Waals surface area contributed by atoms with Crippen LogP contribution in [0.5, 0.6) is 0 Å². The Morgan fingerprint density at radius 3 is 1.03 bits per heavy atom. The number of carboxylic acid groups (broad SMARTS) is 2. The molecule has 0 aliphatic heterocycles. The Morgan fingerprint density at radius 1 is 0.466 bits per heavy atom. The standard InChI is InChI=1S/C51H80O7/c1-6-9-11-13-15-17-19-21-23-25-27-29-31-33-35-37-39-41-43-57-50(8-3,48(53)54)46(4)45-51(47(5)52,49(55)56)58-44-42-40-38-36-34-32-30-28-26-24-22-20-18-16-14-12-10-7-2/h9-12,15-18,21-24,27-30,33-36,46-47,52H,6-8,13-14,19-20,25-26,31-32,37-45H2,1-5H3,(H,53,54)(H,55,56)/b11-9-,12-10-,17-15-,18-16-,23-21-,24-22-,29-27-,30-28-,35-33-,36-34-. The second-order valence-electron chi connectivity index (χ2n) is 14.6. The maximum Gasteiger partial charge on any atom is 0.338 e. The largest absolute Gasteiger partial charge is 0.479 e. The lowest BCUT2D eigenvalue weighted by Gasteiger charge is -2.40. The van der Waals surface area contributed by atoms with Crippen LogP contribution in [-0.2, 0) is 19.1 Å². The van der Waals surface area contributed by atoms with E-state index >= 15 is 0 Å². The van der Waals surface area contributed by atoms with Crippen molar-refractivity contribution in [2.24, 2.45) is 5.92 Å². The van der Waals surface area contributed by atoms with Gasteiger partial charge in [-0.15, -0.1) is 0 Å². The van der Waals surface area contributed by atoms with Gasteiger partial charge in [-0.1, -0.05) is 149 Å². The first-order valence-corrected chi connectivity index (χ1v) is 22.1. The summed E-state index contributed by atoms with van der Waals surface area (Å²) in [6.45, 7) is 9.46. The Balaban J connectivity index is 4.72. The van der Waals surface area contributed by atoms with Gasteiger partial charge in [-0.05, 0) is 128 Å². The minimum absolute atomic E-state index is 0.136. The topological polar surface area (TPSA) is 113 Å². The van der Waals surface area contributed by atoms with Gasteiger partial charge in [-0.25, -0.2) is 9.59 Å². The summed E-state index contributed by atoms with van der Waals surface area (Å²) in [4.78, 5) is 25.3. The highest BCUT2D eigenvalue weighted by molar-refractivity contribution is 5.80. The van der Waals surface area contributed by atoms with E-state index < -0.39 is 35.2 Å². The number of rotatable bonds is 37.